The van der Waals surface area contributed by atoms with Gasteiger partial charge in [0.15, 0.2) is 11.5 Å². The first-order valence-corrected chi connectivity index (χ1v) is 7.27. The quantitative estimate of drug-likeness (QED) is 0.777. The van der Waals surface area contributed by atoms with Crippen molar-refractivity contribution in [2.24, 2.45) is 0 Å². The van der Waals surface area contributed by atoms with Crippen molar-refractivity contribution in [2.75, 3.05) is 32.2 Å². The molecule has 0 fully saturated rings. The SMILES string of the molecule is CCN(CC)CC(C)NC(=O)c1cc2c(cc1N)OCO2. The van der Waals surface area contributed by atoms with Crippen LogP contribution in [0.1, 0.15) is 31.1 Å². The first kappa shape index (κ1) is 15.4. The number of hydrogen-bond acceptors (Lipinski definition) is 5. The molecule has 1 aliphatic rings. The molecule has 0 radical (unpaired) electrons. The van der Waals surface area contributed by atoms with Crippen LogP contribution >= 0.6 is 0 Å². The lowest BCUT2D eigenvalue weighted by atomic mass is 10.1. The molecule has 0 aromatic heterocycles. The molecular formula is C15H23N3O3. The Morgan fingerprint density at radius 3 is 2.57 bits per heavy atom. The number of nitrogens with zero attached hydrogens (tertiary/aromatic N) is 1. The Morgan fingerprint density at radius 1 is 1.33 bits per heavy atom. The third-order valence-electron chi connectivity index (χ3n) is 3.59. The van der Waals surface area contributed by atoms with Gasteiger partial charge in [-0.05, 0) is 26.1 Å². The summed E-state index contributed by atoms with van der Waals surface area (Å²) in [6.07, 6.45) is 0. The highest BCUT2D eigenvalue weighted by atomic mass is 16.7. The van der Waals surface area contributed by atoms with Crippen molar-refractivity contribution in [3.63, 3.8) is 0 Å². The Hall–Kier alpha value is -1.95. The van der Waals surface area contributed by atoms with E-state index in [1.165, 1.54) is 0 Å². The molecule has 1 aromatic carbocycles. The van der Waals surface area contributed by atoms with Crippen molar-refractivity contribution >= 4 is 11.6 Å². The maximum Gasteiger partial charge on any atom is 0.253 e. The Morgan fingerprint density at radius 2 is 1.95 bits per heavy atom. The Bertz CT molecular complexity index is 515. The first-order valence-electron chi connectivity index (χ1n) is 7.27. The Balaban J connectivity index is 2.03. The van der Waals surface area contributed by atoms with Gasteiger partial charge in [-0.3, -0.25) is 4.79 Å². The zero-order valence-electron chi connectivity index (χ0n) is 12.8. The number of amides is 1. The van der Waals surface area contributed by atoms with Gasteiger partial charge in [-0.25, -0.2) is 0 Å². The minimum absolute atomic E-state index is 0.0437. The number of fused-ring (bicyclic) bond motifs is 1. The van der Waals surface area contributed by atoms with Gasteiger partial charge in [0.05, 0.1) is 5.56 Å². The van der Waals surface area contributed by atoms with Gasteiger partial charge in [-0.2, -0.15) is 0 Å². The molecule has 1 heterocycles. The fraction of sp³-hybridized carbons (Fsp3) is 0.533. The lowest BCUT2D eigenvalue weighted by Crippen LogP contribution is -2.42. The maximum absolute atomic E-state index is 12.3. The standard InChI is InChI=1S/C15H23N3O3/c1-4-18(5-2)8-10(3)17-15(19)11-6-13-14(7-12(11)16)21-9-20-13/h6-7,10H,4-5,8-9,16H2,1-3H3,(H,17,19). The molecule has 1 aromatic rings. The van der Waals surface area contributed by atoms with Crippen LogP contribution in [0.15, 0.2) is 12.1 Å². The highest BCUT2D eigenvalue weighted by Crippen LogP contribution is 2.35. The number of carbonyl (C=O) groups excluding carboxylic acids is 1. The number of nitrogen functional groups attached to an aromatic ring is 1. The van der Waals surface area contributed by atoms with Gasteiger partial charge in [0.1, 0.15) is 0 Å². The van der Waals surface area contributed by atoms with E-state index in [9.17, 15) is 4.79 Å². The molecule has 1 amide bonds. The molecule has 6 heteroatoms. The second-order valence-electron chi connectivity index (χ2n) is 5.15. The molecule has 0 aliphatic carbocycles. The number of anilines is 1. The molecule has 116 valence electrons. The van der Waals surface area contributed by atoms with Crippen LogP contribution < -0.4 is 20.5 Å². The van der Waals surface area contributed by atoms with Gasteiger partial charge in [-0.1, -0.05) is 13.8 Å². The number of hydrogen-bond donors (Lipinski definition) is 2. The second kappa shape index (κ2) is 6.67. The Kier molecular flexibility index (Phi) is 4.90. The summed E-state index contributed by atoms with van der Waals surface area (Å²) in [5, 5.41) is 2.97. The zero-order valence-corrected chi connectivity index (χ0v) is 12.8. The van der Waals surface area contributed by atoms with Crippen molar-refractivity contribution in [1.29, 1.82) is 0 Å². The van der Waals surface area contributed by atoms with Gasteiger partial charge in [-0.15, -0.1) is 0 Å². The van der Waals surface area contributed by atoms with Crippen LogP contribution in [0.25, 0.3) is 0 Å². The van der Waals surface area contributed by atoms with Crippen LogP contribution in [-0.2, 0) is 0 Å². The predicted octanol–water partition coefficient (Wildman–Crippen LogP) is 1.46. The highest BCUT2D eigenvalue weighted by molar-refractivity contribution is 6.00. The van der Waals surface area contributed by atoms with Crippen LogP contribution in [-0.4, -0.2) is 43.3 Å². The molecule has 0 spiro atoms. The van der Waals surface area contributed by atoms with Crippen molar-refractivity contribution < 1.29 is 14.3 Å². The van der Waals surface area contributed by atoms with Crippen molar-refractivity contribution in [3.05, 3.63) is 17.7 Å². The van der Waals surface area contributed by atoms with E-state index in [-0.39, 0.29) is 18.7 Å². The highest BCUT2D eigenvalue weighted by Gasteiger charge is 2.20. The van der Waals surface area contributed by atoms with Gasteiger partial charge in [0, 0.05) is 24.3 Å². The van der Waals surface area contributed by atoms with E-state index in [1.54, 1.807) is 12.1 Å². The molecule has 0 saturated carbocycles. The average Bonchev–Trinajstić information content (AvgIpc) is 2.90. The maximum atomic E-state index is 12.3. The number of nitrogens with one attached hydrogen (secondary N) is 1. The molecule has 3 N–H and O–H groups in total. The lowest BCUT2D eigenvalue weighted by molar-refractivity contribution is 0.0930. The topological polar surface area (TPSA) is 76.8 Å². The largest absolute Gasteiger partial charge is 0.454 e. The van der Waals surface area contributed by atoms with E-state index in [2.05, 4.69) is 24.1 Å². The van der Waals surface area contributed by atoms with Crippen molar-refractivity contribution in [3.8, 4) is 11.5 Å². The molecule has 21 heavy (non-hydrogen) atoms. The van der Waals surface area contributed by atoms with Crippen LogP contribution in [0.2, 0.25) is 0 Å². The number of carbonyl (C=O) groups is 1. The number of likely N-dealkylation sites (N-methyl/N-ethyl adjacent to an activating group) is 1. The van der Waals surface area contributed by atoms with Gasteiger partial charge in [0.2, 0.25) is 6.79 Å². The molecule has 1 unspecified atom stereocenters. The van der Waals surface area contributed by atoms with Crippen molar-refractivity contribution in [1.82, 2.24) is 10.2 Å². The summed E-state index contributed by atoms with van der Waals surface area (Å²) in [6.45, 7) is 9.09. The van der Waals surface area contributed by atoms with Crippen molar-refractivity contribution in [2.45, 2.75) is 26.8 Å². The predicted molar refractivity (Wildman–Crippen MR) is 81.7 cm³/mol. The van der Waals surface area contributed by atoms with Crippen LogP contribution in [0.5, 0.6) is 11.5 Å². The van der Waals surface area contributed by atoms with E-state index < -0.39 is 0 Å². The number of ether oxygens (including phenoxy) is 2. The minimum atomic E-state index is -0.189. The summed E-state index contributed by atoms with van der Waals surface area (Å²) in [4.78, 5) is 14.6. The summed E-state index contributed by atoms with van der Waals surface area (Å²) in [6, 6.07) is 3.31. The molecular weight excluding hydrogens is 270 g/mol. The molecule has 0 saturated heterocycles. The molecule has 2 rings (SSSR count). The third kappa shape index (κ3) is 3.58. The monoisotopic (exact) mass is 293 g/mol. The number of rotatable bonds is 6. The Labute approximate surface area is 125 Å². The third-order valence-corrected chi connectivity index (χ3v) is 3.59. The molecule has 1 atom stereocenters. The summed E-state index contributed by atoms with van der Waals surface area (Å²) < 4.78 is 10.5. The fourth-order valence-corrected chi connectivity index (χ4v) is 2.37. The molecule has 0 bridgehead atoms. The number of benzene rings is 1. The summed E-state index contributed by atoms with van der Waals surface area (Å²) in [7, 11) is 0. The number of nitrogens with two attached hydrogens (primary N) is 1. The van der Waals surface area contributed by atoms with E-state index in [0.717, 1.165) is 19.6 Å². The summed E-state index contributed by atoms with van der Waals surface area (Å²) in [5.41, 5.74) is 6.73. The minimum Gasteiger partial charge on any atom is -0.454 e. The zero-order chi connectivity index (χ0) is 15.4. The van der Waals surface area contributed by atoms with Crippen LogP contribution in [0.4, 0.5) is 5.69 Å². The normalized spacial score (nSPS) is 14.3. The van der Waals surface area contributed by atoms with E-state index in [0.29, 0.717) is 22.7 Å². The smallest absolute Gasteiger partial charge is 0.253 e. The first-order chi connectivity index (χ1) is 10.0. The second-order valence-corrected chi connectivity index (χ2v) is 5.15. The lowest BCUT2D eigenvalue weighted by Gasteiger charge is -2.23. The van der Waals surface area contributed by atoms with Gasteiger partial charge >= 0.3 is 0 Å². The molecule has 6 nitrogen and oxygen atoms in total. The van der Waals surface area contributed by atoms with E-state index in [1.807, 2.05) is 6.92 Å². The van der Waals surface area contributed by atoms with E-state index in [4.69, 9.17) is 15.2 Å². The average molecular weight is 293 g/mol. The molecule has 1 aliphatic heterocycles. The van der Waals surface area contributed by atoms with Gasteiger partial charge < -0.3 is 25.4 Å². The van der Waals surface area contributed by atoms with Crippen LogP contribution in [0.3, 0.4) is 0 Å². The summed E-state index contributed by atoms with van der Waals surface area (Å²) >= 11 is 0. The van der Waals surface area contributed by atoms with Gasteiger partial charge in [0.25, 0.3) is 5.91 Å². The fourth-order valence-electron chi connectivity index (χ4n) is 2.37. The van der Waals surface area contributed by atoms with E-state index >= 15 is 0 Å². The van der Waals surface area contributed by atoms with Crippen LogP contribution in [0, 0.1) is 0 Å². The summed E-state index contributed by atoms with van der Waals surface area (Å²) in [5.74, 6) is 0.955.